The normalized spacial score (nSPS) is 28.5. The van der Waals surface area contributed by atoms with Crippen molar-refractivity contribution in [2.24, 2.45) is 23.2 Å². The van der Waals surface area contributed by atoms with Gasteiger partial charge in [0.05, 0.1) is 17.9 Å². The first-order valence-electron chi connectivity index (χ1n) is 11.4. The van der Waals surface area contributed by atoms with Crippen molar-refractivity contribution in [2.75, 3.05) is 18.6 Å². The van der Waals surface area contributed by atoms with Crippen LogP contribution in [0.1, 0.15) is 55.3 Å². The molecule has 4 saturated carbocycles. The molecule has 0 atom stereocenters. The van der Waals surface area contributed by atoms with Crippen LogP contribution in [0, 0.1) is 23.2 Å². The van der Waals surface area contributed by atoms with Crippen LogP contribution in [0.2, 0.25) is 0 Å². The van der Waals surface area contributed by atoms with Gasteiger partial charge in [-0.05, 0) is 105 Å². The molecule has 0 spiro atoms. The zero-order valence-corrected chi connectivity index (χ0v) is 18.1. The summed E-state index contributed by atoms with van der Waals surface area (Å²) in [5, 5.41) is 19.8. The summed E-state index contributed by atoms with van der Waals surface area (Å²) in [7, 11) is 1.80. The molecule has 2 aromatic carbocycles. The fourth-order valence-corrected chi connectivity index (χ4v) is 6.78. The lowest BCUT2D eigenvalue weighted by Gasteiger charge is -2.57. The zero-order valence-electron chi connectivity index (χ0n) is 18.1. The second kappa shape index (κ2) is 7.77. The number of ether oxygens (including phenoxy) is 1. The lowest BCUT2D eigenvalue weighted by atomic mass is 9.49. The van der Waals surface area contributed by atoms with E-state index in [4.69, 9.17) is 4.74 Å². The Balaban J connectivity index is 1.18. The molecule has 164 valence electrons. The SMILES string of the molecule is CN(c1ccc(C(=O)OCCC23CC4CC(CC(C4)C2)C3)cc1)c1cc(O)ccc1O. The van der Waals surface area contributed by atoms with Crippen LogP contribution in [0.25, 0.3) is 0 Å². The molecular formula is C26H31NO4. The molecule has 0 saturated heterocycles. The quantitative estimate of drug-likeness (QED) is 0.467. The maximum Gasteiger partial charge on any atom is 0.338 e. The summed E-state index contributed by atoms with van der Waals surface area (Å²) in [5.41, 5.74) is 2.24. The van der Waals surface area contributed by atoms with Crippen LogP contribution in [-0.4, -0.2) is 29.8 Å². The van der Waals surface area contributed by atoms with Crippen LogP contribution in [0.5, 0.6) is 11.5 Å². The number of esters is 1. The van der Waals surface area contributed by atoms with Crippen molar-refractivity contribution in [1.82, 2.24) is 0 Å². The van der Waals surface area contributed by atoms with E-state index in [-0.39, 0.29) is 17.5 Å². The van der Waals surface area contributed by atoms with E-state index < -0.39 is 0 Å². The van der Waals surface area contributed by atoms with Crippen molar-refractivity contribution in [2.45, 2.75) is 44.9 Å². The highest BCUT2D eigenvalue weighted by Crippen LogP contribution is 2.61. The van der Waals surface area contributed by atoms with E-state index in [0.29, 0.717) is 23.3 Å². The second-order valence-corrected chi connectivity index (χ2v) is 10.1. The topological polar surface area (TPSA) is 70.0 Å². The second-order valence-electron chi connectivity index (χ2n) is 10.1. The summed E-state index contributed by atoms with van der Waals surface area (Å²) in [4.78, 5) is 14.3. The molecule has 0 aromatic heterocycles. The van der Waals surface area contributed by atoms with Crippen LogP contribution >= 0.6 is 0 Å². The molecule has 2 aromatic rings. The van der Waals surface area contributed by atoms with E-state index in [9.17, 15) is 15.0 Å². The molecule has 0 aliphatic heterocycles. The number of benzene rings is 2. The minimum absolute atomic E-state index is 0.0773. The maximum absolute atomic E-state index is 12.6. The Morgan fingerprint density at radius 1 is 1.00 bits per heavy atom. The van der Waals surface area contributed by atoms with Crippen LogP contribution < -0.4 is 4.90 Å². The van der Waals surface area contributed by atoms with Crippen LogP contribution in [0.3, 0.4) is 0 Å². The highest BCUT2D eigenvalue weighted by Gasteiger charge is 2.50. The number of aromatic hydroxyl groups is 2. The Morgan fingerprint density at radius 2 is 1.61 bits per heavy atom. The Bertz CT molecular complexity index is 933. The molecule has 0 radical (unpaired) electrons. The van der Waals surface area contributed by atoms with Gasteiger partial charge < -0.3 is 19.8 Å². The number of phenolic OH excluding ortho intramolecular Hbond substituents is 2. The molecule has 4 aliphatic rings. The van der Waals surface area contributed by atoms with Gasteiger partial charge in [0.2, 0.25) is 0 Å². The lowest BCUT2D eigenvalue weighted by Crippen LogP contribution is -2.46. The molecule has 0 amide bonds. The first-order chi connectivity index (χ1) is 14.9. The van der Waals surface area contributed by atoms with Crippen LogP contribution in [0.4, 0.5) is 11.4 Å². The molecule has 5 heteroatoms. The Kier molecular flexibility index (Phi) is 5.07. The van der Waals surface area contributed by atoms with Crippen molar-refractivity contribution in [3.05, 3.63) is 48.0 Å². The van der Waals surface area contributed by atoms with Crippen molar-refractivity contribution in [1.29, 1.82) is 0 Å². The number of rotatable bonds is 6. The van der Waals surface area contributed by atoms with E-state index >= 15 is 0 Å². The molecule has 4 bridgehead atoms. The number of phenols is 2. The molecule has 6 rings (SSSR count). The van der Waals surface area contributed by atoms with Gasteiger partial charge in [0.15, 0.2) is 0 Å². The maximum atomic E-state index is 12.6. The first-order valence-corrected chi connectivity index (χ1v) is 11.4. The highest BCUT2D eigenvalue weighted by atomic mass is 16.5. The van der Waals surface area contributed by atoms with Gasteiger partial charge in [-0.1, -0.05) is 0 Å². The Labute approximate surface area is 183 Å². The summed E-state index contributed by atoms with van der Waals surface area (Å²) in [5.74, 6) is 2.62. The monoisotopic (exact) mass is 421 g/mol. The van der Waals surface area contributed by atoms with Crippen molar-refractivity contribution in [3.63, 3.8) is 0 Å². The summed E-state index contributed by atoms with van der Waals surface area (Å²) in [6.45, 7) is 0.504. The average Bonchev–Trinajstić information content (AvgIpc) is 2.74. The fraction of sp³-hybridized carbons (Fsp3) is 0.500. The van der Waals surface area contributed by atoms with Crippen molar-refractivity contribution in [3.8, 4) is 11.5 Å². The number of carbonyl (C=O) groups is 1. The van der Waals surface area contributed by atoms with Crippen molar-refractivity contribution < 1.29 is 19.7 Å². The minimum Gasteiger partial charge on any atom is -0.508 e. The first kappa shape index (κ1) is 20.2. The van der Waals surface area contributed by atoms with Gasteiger partial charge in [-0.15, -0.1) is 0 Å². The number of carbonyl (C=O) groups excluding carboxylic acids is 1. The fourth-order valence-electron chi connectivity index (χ4n) is 6.78. The number of hydrogen-bond acceptors (Lipinski definition) is 5. The molecule has 0 unspecified atom stereocenters. The summed E-state index contributed by atoms with van der Waals surface area (Å²) in [6, 6.07) is 11.5. The molecular weight excluding hydrogens is 390 g/mol. The Hall–Kier alpha value is -2.69. The lowest BCUT2D eigenvalue weighted by molar-refractivity contribution is -0.0653. The number of nitrogens with zero attached hydrogens (tertiary/aromatic N) is 1. The van der Waals surface area contributed by atoms with Crippen LogP contribution in [0.15, 0.2) is 42.5 Å². The molecule has 4 fully saturated rings. The van der Waals surface area contributed by atoms with Crippen molar-refractivity contribution >= 4 is 17.3 Å². The summed E-state index contributed by atoms with van der Waals surface area (Å²) in [6.07, 6.45) is 9.29. The molecule has 2 N–H and O–H groups in total. The largest absolute Gasteiger partial charge is 0.508 e. The average molecular weight is 422 g/mol. The van der Waals surface area contributed by atoms with Gasteiger partial charge in [0.25, 0.3) is 0 Å². The number of hydrogen-bond donors (Lipinski definition) is 2. The third-order valence-electron chi connectivity index (χ3n) is 7.84. The van der Waals surface area contributed by atoms with Gasteiger partial charge in [-0.2, -0.15) is 0 Å². The molecule has 4 aliphatic carbocycles. The van der Waals surface area contributed by atoms with Gasteiger partial charge in [-0.3, -0.25) is 0 Å². The third-order valence-corrected chi connectivity index (χ3v) is 7.84. The smallest absolute Gasteiger partial charge is 0.338 e. The van der Waals surface area contributed by atoms with Gasteiger partial charge in [-0.25, -0.2) is 4.79 Å². The third kappa shape index (κ3) is 3.98. The summed E-state index contributed by atoms with van der Waals surface area (Å²) >= 11 is 0. The molecule has 0 heterocycles. The van der Waals surface area contributed by atoms with E-state index in [1.807, 2.05) is 12.1 Å². The van der Waals surface area contributed by atoms with E-state index in [2.05, 4.69) is 0 Å². The highest BCUT2D eigenvalue weighted by molar-refractivity contribution is 5.90. The van der Waals surface area contributed by atoms with E-state index in [1.165, 1.54) is 56.7 Å². The standard InChI is InChI=1S/C26H31NO4/c1-27(23-13-22(28)6-7-24(23)29)21-4-2-20(3-5-21)25(30)31-9-8-26-14-17-10-18(15-26)12-19(11-17)16-26/h2-7,13,17-19,28-29H,8-12,14-16H2,1H3. The van der Waals surface area contributed by atoms with Gasteiger partial charge >= 0.3 is 5.97 Å². The predicted molar refractivity (Wildman–Crippen MR) is 120 cm³/mol. The molecule has 5 nitrogen and oxygen atoms in total. The van der Waals surface area contributed by atoms with Crippen LogP contribution in [-0.2, 0) is 4.74 Å². The minimum atomic E-state index is -0.279. The number of anilines is 2. The van der Waals surface area contributed by atoms with Gasteiger partial charge in [0.1, 0.15) is 11.5 Å². The van der Waals surface area contributed by atoms with E-state index in [0.717, 1.165) is 29.9 Å². The van der Waals surface area contributed by atoms with E-state index in [1.54, 1.807) is 24.1 Å². The Morgan fingerprint density at radius 3 is 2.23 bits per heavy atom. The predicted octanol–water partition coefficient (Wildman–Crippen LogP) is 5.63. The zero-order chi connectivity index (χ0) is 21.6. The summed E-state index contributed by atoms with van der Waals surface area (Å²) < 4.78 is 5.66. The van der Waals surface area contributed by atoms with Gasteiger partial charge in [0, 0.05) is 18.8 Å². The molecule has 31 heavy (non-hydrogen) atoms.